The van der Waals surface area contributed by atoms with Gasteiger partial charge in [-0.3, -0.25) is 14.4 Å². The van der Waals surface area contributed by atoms with Crippen molar-refractivity contribution < 1.29 is 72.0 Å². The number of Topliss-reactive ketones (excluding diaryl/α,β-unsaturated/α-hetero) is 1. The molecule has 1 saturated carbocycles. The van der Waals surface area contributed by atoms with Crippen molar-refractivity contribution in [3.05, 3.63) is 18.2 Å². The standard InChI is InChI=1S/C54H88N2O15S/c1-16-40-54(10)42(46(50(61)71-54)72-24-23-55-35-21-22-38(62-13)39(26-35)67-36-19-17-18-20-36)31(4)43(57)29(2)27-53(9,64-15)48(70-51-44(58)37(56(11)12)25-30(3)65-51)32(5)45(33(6)49(60)68-40)69-41-28-52(8,63-14)47(59)34(7)66-41/h21-22,26,29-34,36-37,40-42,44-48,51,55,58-59H,16-20,23-25,27-28H2,1-15H3/t29-,30-,31-,32+,33-,34-,37+,40-,41+,42?,44-,45+,46?,47+,48-,51+,52-,53-,54-/m1/s1. The third-order valence-corrected chi connectivity index (χ3v) is 18.0. The number of nitrogens with one attached hydrogen (secondary N) is 1. The maximum atomic E-state index is 15.2. The third-order valence-electron chi connectivity index (χ3n) is 16.8. The minimum Gasteiger partial charge on any atom is -0.493 e. The van der Waals surface area contributed by atoms with E-state index in [1.54, 1.807) is 41.9 Å². The smallest absolute Gasteiger partial charge is 0.320 e. The number of ketones is 1. The average Bonchev–Trinajstić information content (AvgIpc) is 3.95. The SMILES string of the molecule is CC[C@H]1OC(=O)[C@H](C)[C@@H](O[C@H]2C[C@@](C)(OC)[C@@H](O)[C@@H](C)O2)[C@H](C)[C@@H](O[C@@H]2O[C@H](C)C[C@H](N(C)C)[C@H]2O)[C@](C)(OC)C[C@@H](C)C(=O)[C@H](C)C2C(SCCNc3ccc(OC)c(OC4CCCC4)c3)C(=O)O[C@@]21C. The lowest BCUT2D eigenvalue weighted by molar-refractivity contribution is -0.319. The Labute approximate surface area is 433 Å². The van der Waals surface area contributed by atoms with Crippen LogP contribution in [-0.4, -0.2) is 170 Å². The molecule has 410 valence electrons. The van der Waals surface area contributed by atoms with Crippen LogP contribution in [0.2, 0.25) is 0 Å². The monoisotopic (exact) mass is 1040 g/mol. The predicted octanol–water partition coefficient (Wildman–Crippen LogP) is 6.80. The van der Waals surface area contributed by atoms with Crippen molar-refractivity contribution in [1.82, 2.24) is 4.90 Å². The van der Waals surface area contributed by atoms with Gasteiger partial charge in [0.1, 0.15) is 29.3 Å². The Bertz CT molecular complexity index is 1980. The second-order valence-electron chi connectivity index (χ2n) is 22.2. The van der Waals surface area contributed by atoms with Crippen LogP contribution in [0.5, 0.6) is 11.5 Å². The number of fused-ring (bicyclic) bond motifs is 1. The number of hydrogen-bond acceptors (Lipinski definition) is 18. The summed E-state index contributed by atoms with van der Waals surface area (Å²) < 4.78 is 63.9. The molecule has 3 N–H and O–H groups in total. The topological polar surface area (TPSA) is 199 Å². The third kappa shape index (κ3) is 12.6. The van der Waals surface area contributed by atoms with Gasteiger partial charge in [0, 0.05) is 74.4 Å². The molecular formula is C54H88N2O15S. The first kappa shape index (κ1) is 58.5. The Morgan fingerprint density at radius 1 is 0.861 bits per heavy atom. The Morgan fingerprint density at radius 3 is 2.17 bits per heavy atom. The van der Waals surface area contributed by atoms with Gasteiger partial charge in [-0.25, -0.2) is 0 Å². The zero-order chi connectivity index (χ0) is 53.0. The molecule has 2 unspecified atom stereocenters. The highest BCUT2D eigenvalue weighted by Crippen LogP contribution is 2.50. The maximum Gasteiger partial charge on any atom is 0.320 e. The number of anilines is 1. The van der Waals surface area contributed by atoms with E-state index in [4.69, 9.17) is 47.4 Å². The second kappa shape index (κ2) is 24.5. The van der Waals surface area contributed by atoms with Crippen LogP contribution in [0.1, 0.15) is 121 Å². The van der Waals surface area contributed by atoms with Crippen molar-refractivity contribution in [2.75, 3.05) is 53.0 Å². The highest BCUT2D eigenvalue weighted by Gasteiger charge is 2.62. The molecule has 19 atom stereocenters. The minimum atomic E-state index is -1.39. The largest absolute Gasteiger partial charge is 0.493 e. The quantitative estimate of drug-likeness (QED) is 0.115. The number of aliphatic hydroxyl groups excluding tert-OH is 2. The number of cyclic esters (lactones) is 1. The molecule has 0 amide bonds. The van der Waals surface area contributed by atoms with Crippen LogP contribution in [0.4, 0.5) is 5.69 Å². The molecule has 1 aromatic carbocycles. The summed E-state index contributed by atoms with van der Waals surface area (Å²) in [7, 11) is 8.51. The summed E-state index contributed by atoms with van der Waals surface area (Å²) in [5, 5.41) is 25.7. The summed E-state index contributed by atoms with van der Waals surface area (Å²) in [4.78, 5) is 46.5. The lowest BCUT2D eigenvalue weighted by Gasteiger charge is -2.50. The average molecular weight is 1040 g/mol. The Kier molecular flexibility index (Phi) is 19.9. The van der Waals surface area contributed by atoms with Crippen LogP contribution in [0, 0.1) is 29.6 Å². The van der Waals surface area contributed by atoms with Crippen molar-refractivity contribution in [2.24, 2.45) is 29.6 Å². The van der Waals surface area contributed by atoms with E-state index in [0.29, 0.717) is 30.2 Å². The second-order valence-corrected chi connectivity index (χ2v) is 23.4. The number of likely N-dealkylation sites (N-methyl/N-ethyl adjacent to an activating group) is 1. The van der Waals surface area contributed by atoms with Gasteiger partial charge in [0.2, 0.25) is 0 Å². The number of hydrogen-bond donors (Lipinski definition) is 3. The molecule has 4 heterocycles. The number of aliphatic hydroxyl groups is 2. The minimum absolute atomic E-state index is 0.118. The molecule has 5 fully saturated rings. The van der Waals surface area contributed by atoms with Gasteiger partial charge in [0.25, 0.3) is 0 Å². The summed E-state index contributed by atoms with van der Waals surface area (Å²) in [6.45, 7) is 18.8. The number of methoxy groups -OCH3 is 3. The summed E-state index contributed by atoms with van der Waals surface area (Å²) in [5.41, 5.74) is -2.86. The van der Waals surface area contributed by atoms with E-state index >= 15 is 9.59 Å². The number of esters is 2. The van der Waals surface area contributed by atoms with Crippen molar-refractivity contribution >= 4 is 35.2 Å². The highest BCUT2D eigenvalue weighted by molar-refractivity contribution is 8.00. The van der Waals surface area contributed by atoms with Crippen LogP contribution in [0.25, 0.3) is 0 Å². The van der Waals surface area contributed by atoms with E-state index in [2.05, 4.69) is 5.32 Å². The van der Waals surface area contributed by atoms with Crippen LogP contribution in [0.15, 0.2) is 18.2 Å². The number of carbonyl (C=O) groups excluding carboxylic acids is 3. The zero-order valence-corrected chi connectivity index (χ0v) is 46.5. The fourth-order valence-corrected chi connectivity index (χ4v) is 13.7. The molecule has 4 saturated heterocycles. The van der Waals surface area contributed by atoms with E-state index in [1.165, 1.54) is 18.9 Å². The maximum absolute atomic E-state index is 15.2. The normalized spacial score (nSPS) is 41.6. The van der Waals surface area contributed by atoms with Gasteiger partial charge in [-0.1, -0.05) is 27.7 Å². The number of nitrogens with zero attached hydrogens (tertiary/aromatic N) is 1. The first-order valence-electron chi connectivity index (χ1n) is 26.4. The first-order chi connectivity index (χ1) is 33.9. The zero-order valence-electron chi connectivity index (χ0n) is 45.7. The summed E-state index contributed by atoms with van der Waals surface area (Å²) in [6.07, 6.45) is -2.44. The molecule has 6 rings (SSSR count). The van der Waals surface area contributed by atoms with Crippen LogP contribution in [0.3, 0.4) is 0 Å². The van der Waals surface area contributed by atoms with Gasteiger partial charge < -0.3 is 67.8 Å². The lowest BCUT2D eigenvalue weighted by Crippen LogP contribution is -2.61. The van der Waals surface area contributed by atoms with E-state index in [9.17, 15) is 15.0 Å². The van der Waals surface area contributed by atoms with Gasteiger partial charge in [-0.15, -0.1) is 11.8 Å². The van der Waals surface area contributed by atoms with Gasteiger partial charge >= 0.3 is 11.9 Å². The fraction of sp³-hybridized carbons (Fsp3) is 0.833. The summed E-state index contributed by atoms with van der Waals surface area (Å²) in [5.74, 6) is -3.19. The number of benzene rings is 1. The van der Waals surface area contributed by atoms with E-state index < -0.39 is 113 Å². The molecule has 1 aromatic rings. The van der Waals surface area contributed by atoms with Crippen LogP contribution >= 0.6 is 11.8 Å². The molecule has 0 spiro atoms. The number of ether oxygens (including phenoxy) is 10. The number of rotatable bonds is 16. The van der Waals surface area contributed by atoms with E-state index in [1.807, 2.05) is 78.7 Å². The van der Waals surface area contributed by atoms with Gasteiger partial charge in [0.05, 0.1) is 54.7 Å². The number of thioether (sulfide) groups is 1. The molecular weight excluding hydrogens is 949 g/mol. The fourth-order valence-electron chi connectivity index (χ4n) is 12.3. The Morgan fingerprint density at radius 2 is 1.54 bits per heavy atom. The molecule has 1 aliphatic carbocycles. The summed E-state index contributed by atoms with van der Waals surface area (Å²) >= 11 is 1.41. The molecule has 0 radical (unpaired) electrons. The van der Waals surface area contributed by atoms with Gasteiger partial charge in [0.15, 0.2) is 29.7 Å². The van der Waals surface area contributed by atoms with Gasteiger partial charge in [-0.05, 0) is 113 Å². The van der Waals surface area contributed by atoms with Crippen molar-refractivity contribution in [3.63, 3.8) is 0 Å². The Hall–Kier alpha value is -2.78. The Balaban J connectivity index is 1.35. The van der Waals surface area contributed by atoms with E-state index in [-0.39, 0.29) is 43.3 Å². The molecule has 0 aromatic heterocycles. The molecule has 72 heavy (non-hydrogen) atoms. The molecule has 5 aliphatic rings. The molecule has 17 nitrogen and oxygen atoms in total. The van der Waals surface area contributed by atoms with Crippen LogP contribution in [-0.2, 0) is 52.3 Å². The highest BCUT2D eigenvalue weighted by atomic mass is 32.2. The van der Waals surface area contributed by atoms with Crippen molar-refractivity contribution in [2.45, 2.75) is 210 Å². The molecule has 0 bridgehead atoms. The predicted molar refractivity (Wildman–Crippen MR) is 273 cm³/mol. The number of carbonyl (C=O) groups is 3. The van der Waals surface area contributed by atoms with Crippen LogP contribution < -0.4 is 14.8 Å². The molecule has 4 aliphatic heterocycles. The molecule has 18 heteroatoms. The summed E-state index contributed by atoms with van der Waals surface area (Å²) in [6, 6.07) is 5.46. The van der Waals surface area contributed by atoms with Crippen molar-refractivity contribution in [1.29, 1.82) is 0 Å². The van der Waals surface area contributed by atoms with Crippen molar-refractivity contribution in [3.8, 4) is 11.5 Å². The van der Waals surface area contributed by atoms with E-state index in [0.717, 1.165) is 31.4 Å². The lowest BCUT2D eigenvalue weighted by atomic mass is 9.70. The first-order valence-corrected chi connectivity index (χ1v) is 27.4. The van der Waals surface area contributed by atoms with Gasteiger partial charge in [-0.2, -0.15) is 0 Å².